The number of halogens is 5. The summed E-state index contributed by atoms with van der Waals surface area (Å²) in [4.78, 5) is -1.71. The van der Waals surface area contributed by atoms with Crippen molar-refractivity contribution in [1.82, 2.24) is 0 Å². The summed E-state index contributed by atoms with van der Waals surface area (Å²) in [6.45, 7) is 16.2. The van der Waals surface area contributed by atoms with Gasteiger partial charge in [-0.15, -0.1) is 0 Å². The van der Waals surface area contributed by atoms with E-state index in [1.54, 1.807) is 98.7 Å². The smallest absolute Gasteiger partial charge is 0.313 e. The summed E-state index contributed by atoms with van der Waals surface area (Å²) >= 11 is 0. The predicted octanol–water partition coefficient (Wildman–Crippen LogP) is 10.5. The first-order valence-corrected chi connectivity index (χ1v) is 18.1. The Morgan fingerprint density at radius 2 is 0.755 bits per heavy atom. The molecule has 0 unspecified atom stereocenters. The Balaban J connectivity index is 2.17. The van der Waals surface area contributed by atoms with Gasteiger partial charge in [0.2, 0.25) is 5.82 Å². The van der Waals surface area contributed by atoms with Crippen molar-refractivity contribution >= 4 is 20.4 Å². The third-order valence-electron chi connectivity index (χ3n) is 6.30. The molecule has 6 nitrogen and oxygen atoms in total. The van der Waals surface area contributed by atoms with Crippen molar-refractivity contribution in [2.45, 2.75) is 98.7 Å². The zero-order chi connectivity index (χ0) is 36.7. The zero-order valence-corrected chi connectivity index (χ0v) is 30.2. The molecule has 0 radical (unpaired) electrons. The fraction of sp³-hybridized carbons (Fsp3) is 0.333. The molecule has 0 fully saturated rings. The number of benzene rings is 4. The minimum absolute atomic E-state index is 0.141. The van der Waals surface area contributed by atoms with Gasteiger partial charge in [-0.3, -0.25) is 0 Å². The molecular formula is C36H39F5O6S2. The SMILES string of the molecule is CC(C)(C)Oc1cccc(S(OS(=O)(=O)c2c(F)c(F)c(F)c(F)c2F)(c2cccc(OC(C)(C)C)c2)c2cccc(OC(C)(C)C)c2)c1. The highest BCUT2D eigenvalue weighted by molar-refractivity contribution is 8.33. The molecule has 0 aliphatic rings. The molecule has 4 rings (SSSR count). The molecule has 0 saturated heterocycles. The molecule has 0 aliphatic heterocycles. The summed E-state index contributed by atoms with van der Waals surface area (Å²) in [5.74, 6) is -11.7. The number of rotatable bonds is 9. The van der Waals surface area contributed by atoms with Crippen molar-refractivity contribution < 1.29 is 48.2 Å². The van der Waals surface area contributed by atoms with Crippen LogP contribution in [-0.4, -0.2) is 25.2 Å². The second-order valence-electron chi connectivity index (χ2n) is 14.0. The van der Waals surface area contributed by atoms with Gasteiger partial charge >= 0.3 is 10.1 Å². The van der Waals surface area contributed by atoms with Gasteiger partial charge in [-0.1, -0.05) is 18.2 Å². The number of hydrogen-bond acceptors (Lipinski definition) is 6. The third-order valence-corrected chi connectivity index (χ3v) is 11.4. The Morgan fingerprint density at radius 3 is 1.04 bits per heavy atom. The molecule has 0 atom stereocenters. The summed E-state index contributed by atoms with van der Waals surface area (Å²) in [6.07, 6.45) is 0. The van der Waals surface area contributed by atoms with Crippen LogP contribution in [0.25, 0.3) is 0 Å². The van der Waals surface area contributed by atoms with E-state index in [4.69, 9.17) is 17.8 Å². The summed E-state index contributed by atoms with van der Waals surface area (Å²) in [6, 6.07) is 18.6. The monoisotopic (exact) mass is 726 g/mol. The van der Waals surface area contributed by atoms with E-state index in [2.05, 4.69) is 0 Å². The zero-order valence-electron chi connectivity index (χ0n) is 28.6. The summed E-state index contributed by atoms with van der Waals surface area (Å²) in [5, 5.41) is 0. The Labute approximate surface area is 285 Å². The number of hydrogen-bond donors (Lipinski definition) is 0. The molecule has 49 heavy (non-hydrogen) atoms. The Morgan fingerprint density at radius 1 is 0.469 bits per heavy atom. The fourth-order valence-electron chi connectivity index (χ4n) is 4.71. The molecule has 0 bridgehead atoms. The van der Waals surface area contributed by atoms with Gasteiger partial charge in [-0.05, 0) is 127 Å². The van der Waals surface area contributed by atoms with Crippen LogP contribution in [0.4, 0.5) is 22.0 Å². The molecule has 0 spiro atoms. The molecule has 0 N–H and O–H groups in total. The largest absolute Gasteiger partial charge is 0.488 e. The molecule has 0 heterocycles. The number of ether oxygens (including phenoxy) is 3. The van der Waals surface area contributed by atoms with E-state index in [1.807, 2.05) is 0 Å². The average Bonchev–Trinajstić information content (AvgIpc) is 2.95. The first kappa shape index (κ1) is 38.0. The van der Waals surface area contributed by atoms with Crippen LogP contribution in [0.5, 0.6) is 17.2 Å². The lowest BCUT2D eigenvalue weighted by Crippen LogP contribution is -2.24. The Kier molecular flexibility index (Phi) is 10.5. The maximum absolute atomic E-state index is 15.2. The van der Waals surface area contributed by atoms with E-state index in [0.717, 1.165) is 0 Å². The van der Waals surface area contributed by atoms with Crippen LogP contribution < -0.4 is 14.2 Å². The van der Waals surface area contributed by atoms with Gasteiger partial charge in [0.15, 0.2) is 28.2 Å². The standard InChI is InChI=1S/C36H39F5O6S2/c1-34(2,3)44-22-13-10-16-25(19-22)48(26-17-11-14-23(20-26)45-35(4,5)6,27-18-12-15-24(21-27)46-36(7,8)9)47-49(42,43)33-31(40)29(38)28(37)30(39)32(33)41/h10-21H,1-9H3. The third kappa shape index (κ3) is 8.68. The molecule has 13 heteroatoms. The average molecular weight is 727 g/mol. The predicted molar refractivity (Wildman–Crippen MR) is 177 cm³/mol. The van der Waals surface area contributed by atoms with E-state index in [9.17, 15) is 21.6 Å². The van der Waals surface area contributed by atoms with Crippen LogP contribution in [0, 0.1) is 29.1 Å². The minimum atomic E-state index is -5.81. The first-order chi connectivity index (χ1) is 22.4. The normalized spacial score (nSPS) is 13.3. The Hall–Kier alpha value is -3.81. The highest BCUT2D eigenvalue weighted by atomic mass is 32.3. The molecule has 0 saturated carbocycles. The van der Waals surface area contributed by atoms with Crippen LogP contribution in [0.15, 0.2) is 92.4 Å². The quantitative estimate of drug-likeness (QED) is 0.0972. The van der Waals surface area contributed by atoms with Gasteiger partial charge in [-0.25, -0.2) is 25.6 Å². The van der Waals surface area contributed by atoms with Crippen molar-refractivity contribution in [1.29, 1.82) is 0 Å². The van der Waals surface area contributed by atoms with E-state index in [1.165, 1.54) is 36.4 Å². The van der Waals surface area contributed by atoms with Crippen LogP contribution in [0.1, 0.15) is 62.3 Å². The molecule has 266 valence electrons. The van der Waals surface area contributed by atoms with Gasteiger partial charge in [0.1, 0.15) is 34.1 Å². The van der Waals surface area contributed by atoms with Gasteiger partial charge in [0.25, 0.3) is 0 Å². The summed E-state index contributed by atoms with van der Waals surface area (Å²) < 4.78 is 126. The van der Waals surface area contributed by atoms with Gasteiger partial charge in [0, 0.05) is 14.7 Å². The van der Waals surface area contributed by atoms with E-state index in [-0.39, 0.29) is 31.9 Å². The lowest BCUT2D eigenvalue weighted by Gasteiger charge is -2.40. The van der Waals surface area contributed by atoms with Crippen molar-refractivity contribution in [3.8, 4) is 17.2 Å². The van der Waals surface area contributed by atoms with Crippen LogP contribution in [0.2, 0.25) is 0 Å². The summed E-state index contributed by atoms with van der Waals surface area (Å²) in [5.41, 5.74) is -2.13. The highest BCUT2D eigenvalue weighted by Gasteiger charge is 2.43. The van der Waals surface area contributed by atoms with Crippen LogP contribution >= 0.6 is 10.3 Å². The van der Waals surface area contributed by atoms with E-state index >= 15 is 8.78 Å². The van der Waals surface area contributed by atoms with Crippen molar-refractivity contribution in [2.75, 3.05) is 0 Å². The molecule has 4 aromatic rings. The summed E-state index contributed by atoms with van der Waals surface area (Å²) in [7, 11) is -9.55. The van der Waals surface area contributed by atoms with Crippen molar-refractivity contribution in [3.63, 3.8) is 0 Å². The molecule has 4 aromatic carbocycles. The van der Waals surface area contributed by atoms with Crippen LogP contribution in [0.3, 0.4) is 0 Å². The van der Waals surface area contributed by atoms with E-state index in [0.29, 0.717) is 0 Å². The van der Waals surface area contributed by atoms with Gasteiger partial charge in [-0.2, -0.15) is 8.42 Å². The molecule has 0 amide bonds. The molecule has 0 aromatic heterocycles. The highest BCUT2D eigenvalue weighted by Crippen LogP contribution is 2.71. The maximum atomic E-state index is 15.2. The molecule has 0 aliphatic carbocycles. The van der Waals surface area contributed by atoms with E-state index < -0.39 is 71.2 Å². The van der Waals surface area contributed by atoms with Crippen molar-refractivity contribution in [3.05, 3.63) is 102 Å². The lowest BCUT2D eigenvalue weighted by molar-refractivity contribution is 0.130. The minimum Gasteiger partial charge on any atom is -0.488 e. The lowest BCUT2D eigenvalue weighted by atomic mass is 10.2. The topological polar surface area (TPSA) is 71.1 Å². The van der Waals surface area contributed by atoms with Crippen LogP contribution in [-0.2, 0) is 13.7 Å². The second-order valence-corrected chi connectivity index (χ2v) is 18.4. The first-order valence-electron chi connectivity index (χ1n) is 15.1. The second kappa shape index (κ2) is 13.5. The maximum Gasteiger partial charge on any atom is 0.313 e. The Bertz CT molecular complexity index is 1790. The van der Waals surface area contributed by atoms with Gasteiger partial charge < -0.3 is 14.2 Å². The fourth-order valence-corrected chi connectivity index (χ4v) is 10.1. The van der Waals surface area contributed by atoms with Crippen molar-refractivity contribution in [2.24, 2.45) is 0 Å². The molecular weight excluding hydrogens is 688 g/mol. The van der Waals surface area contributed by atoms with Gasteiger partial charge in [0.05, 0.1) is 0 Å².